The zero-order valence-corrected chi connectivity index (χ0v) is 26.8. The molecule has 0 saturated heterocycles. The van der Waals surface area contributed by atoms with E-state index in [1.54, 1.807) is 0 Å². The van der Waals surface area contributed by atoms with Crippen molar-refractivity contribution in [2.24, 2.45) is 0 Å². The fourth-order valence-electron chi connectivity index (χ4n) is 9.21. The molecule has 2 aliphatic carbocycles. The van der Waals surface area contributed by atoms with E-state index in [9.17, 15) is 0 Å². The smallest absolute Gasteiger partial charge is 0.135 e. The van der Waals surface area contributed by atoms with Crippen LogP contribution >= 0.6 is 0 Å². The first kappa shape index (κ1) is 26.2. The summed E-state index contributed by atoms with van der Waals surface area (Å²) < 4.78 is 6.58. The molecule has 48 heavy (non-hydrogen) atoms. The van der Waals surface area contributed by atoms with Gasteiger partial charge >= 0.3 is 0 Å². The number of hydrogen-bond donors (Lipinski definition) is 0. The molecule has 1 aliphatic heterocycles. The number of aryl methyl sites for hydroxylation is 2. The summed E-state index contributed by atoms with van der Waals surface area (Å²) in [6.07, 6.45) is 0. The van der Waals surface area contributed by atoms with Gasteiger partial charge in [-0.15, -0.1) is 0 Å². The number of ether oxygens (including phenoxy) is 1. The molecule has 1 heteroatoms. The van der Waals surface area contributed by atoms with Crippen molar-refractivity contribution in [3.8, 4) is 56.0 Å². The van der Waals surface area contributed by atoms with E-state index < -0.39 is 5.41 Å². The molecule has 11 rings (SSSR count). The van der Waals surface area contributed by atoms with E-state index in [0.29, 0.717) is 0 Å². The molecule has 224 valence electrons. The van der Waals surface area contributed by atoms with Crippen molar-refractivity contribution in [2.45, 2.75) is 19.3 Å². The molecule has 0 fully saturated rings. The second-order valence-corrected chi connectivity index (χ2v) is 13.7. The molecular formula is C47H30O. The average molecular weight is 611 g/mol. The van der Waals surface area contributed by atoms with Crippen LogP contribution in [0.25, 0.3) is 66.1 Å². The Kier molecular flexibility index (Phi) is 4.97. The molecule has 0 radical (unpaired) electrons. The molecule has 1 unspecified atom stereocenters. The van der Waals surface area contributed by atoms with Crippen LogP contribution in [0.3, 0.4) is 0 Å². The quantitative estimate of drug-likeness (QED) is 0.180. The molecule has 8 aromatic rings. The number of fused-ring (bicyclic) bond motifs is 14. The van der Waals surface area contributed by atoms with Gasteiger partial charge in [0.1, 0.15) is 11.5 Å². The molecule has 8 aromatic carbocycles. The van der Waals surface area contributed by atoms with Crippen LogP contribution in [0, 0.1) is 13.8 Å². The minimum Gasteiger partial charge on any atom is -0.456 e. The second-order valence-electron chi connectivity index (χ2n) is 13.7. The van der Waals surface area contributed by atoms with Crippen molar-refractivity contribution >= 4 is 21.5 Å². The molecule has 1 spiro atoms. The summed E-state index contributed by atoms with van der Waals surface area (Å²) in [7, 11) is 0. The summed E-state index contributed by atoms with van der Waals surface area (Å²) in [5.74, 6) is 1.87. The first-order chi connectivity index (χ1) is 23.6. The molecule has 0 bridgehead atoms. The Morgan fingerprint density at radius 3 is 2.00 bits per heavy atom. The third kappa shape index (κ3) is 3.12. The fraction of sp³-hybridized carbons (Fsp3) is 0.0638. The molecule has 1 heterocycles. The van der Waals surface area contributed by atoms with Crippen molar-refractivity contribution in [1.29, 1.82) is 0 Å². The maximum atomic E-state index is 6.58. The van der Waals surface area contributed by atoms with Crippen LogP contribution in [0.5, 0.6) is 11.5 Å². The summed E-state index contributed by atoms with van der Waals surface area (Å²) in [6.45, 7) is 4.34. The zero-order valence-electron chi connectivity index (χ0n) is 26.8. The second kappa shape index (κ2) is 9.12. The highest BCUT2D eigenvalue weighted by molar-refractivity contribution is 6.11. The van der Waals surface area contributed by atoms with Crippen LogP contribution in [0.2, 0.25) is 0 Å². The van der Waals surface area contributed by atoms with E-state index in [1.807, 2.05) is 0 Å². The number of rotatable bonds is 1. The van der Waals surface area contributed by atoms with Gasteiger partial charge in [0.25, 0.3) is 0 Å². The van der Waals surface area contributed by atoms with Gasteiger partial charge in [0.05, 0.1) is 5.41 Å². The predicted octanol–water partition coefficient (Wildman–Crippen LogP) is 12.4. The van der Waals surface area contributed by atoms with Crippen molar-refractivity contribution in [3.05, 3.63) is 179 Å². The Balaban J connectivity index is 1.21. The van der Waals surface area contributed by atoms with Gasteiger partial charge in [-0.3, -0.25) is 0 Å². The lowest BCUT2D eigenvalue weighted by atomic mass is 9.70. The van der Waals surface area contributed by atoms with Gasteiger partial charge in [0.2, 0.25) is 0 Å². The van der Waals surface area contributed by atoms with E-state index in [4.69, 9.17) is 4.74 Å². The van der Waals surface area contributed by atoms with E-state index >= 15 is 0 Å². The Labute approximate surface area is 279 Å². The Bertz CT molecular complexity index is 2730. The van der Waals surface area contributed by atoms with Crippen LogP contribution in [0.1, 0.15) is 33.4 Å². The SMILES string of the molecule is Cc1cc2c(cc1C)-c1cccc3c(-c4ccc5c(c4)C4(c6ccccc6-5)c5ccccc5-c5c4ccc4ccccc54)ccc(c13)O2. The Morgan fingerprint density at radius 1 is 0.417 bits per heavy atom. The lowest BCUT2D eigenvalue weighted by molar-refractivity contribution is 0.486. The third-order valence-electron chi connectivity index (χ3n) is 11.4. The lowest BCUT2D eigenvalue weighted by Crippen LogP contribution is -2.25. The molecule has 0 N–H and O–H groups in total. The minimum absolute atomic E-state index is 0.401. The summed E-state index contributed by atoms with van der Waals surface area (Å²) in [5, 5.41) is 5.00. The molecular weight excluding hydrogens is 581 g/mol. The standard InChI is InChI=1S/C47H30O/c1-27-24-38-36-15-9-14-35-31(21-23-43(46(35)36)48-44(38)25-28(27)2)30-18-20-34-33-12-5-7-16-39(33)47(42(34)26-30)40-17-8-6-13-37(40)45-32-11-4-3-10-29(32)19-22-41(45)47/h3-26H,1-2H3. The van der Waals surface area contributed by atoms with Gasteiger partial charge in [-0.05, 0) is 127 Å². The van der Waals surface area contributed by atoms with Gasteiger partial charge in [0, 0.05) is 10.9 Å². The molecule has 0 aromatic heterocycles. The number of benzene rings is 8. The van der Waals surface area contributed by atoms with Gasteiger partial charge in [-0.25, -0.2) is 0 Å². The van der Waals surface area contributed by atoms with Gasteiger partial charge < -0.3 is 4.74 Å². The summed E-state index contributed by atoms with van der Waals surface area (Å²) in [5.41, 5.74) is 17.8. The third-order valence-corrected chi connectivity index (χ3v) is 11.4. The highest BCUT2D eigenvalue weighted by atomic mass is 16.5. The maximum Gasteiger partial charge on any atom is 0.135 e. The van der Waals surface area contributed by atoms with Crippen LogP contribution in [0.15, 0.2) is 146 Å². The zero-order chi connectivity index (χ0) is 31.7. The van der Waals surface area contributed by atoms with Gasteiger partial charge in [-0.2, -0.15) is 0 Å². The van der Waals surface area contributed by atoms with Crippen molar-refractivity contribution in [2.75, 3.05) is 0 Å². The first-order valence-corrected chi connectivity index (χ1v) is 16.8. The number of hydrogen-bond acceptors (Lipinski definition) is 1. The van der Waals surface area contributed by atoms with E-state index in [1.165, 1.54) is 99.4 Å². The molecule has 1 nitrogen and oxygen atoms in total. The monoisotopic (exact) mass is 610 g/mol. The summed E-state index contributed by atoms with van der Waals surface area (Å²) >= 11 is 0. The highest BCUT2D eigenvalue weighted by Gasteiger charge is 2.52. The largest absolute Gasteiger partial charge is 0.456 e. The van der Waals surface area contributed by atoms with Gasteiger partial charge in [-0.1, -0.05) is 121 Å². The normalized spacial score (nSPS) is 16.0. The van der Waals surface area contributed by atoms with Crippen molar-refractivity contribution in [3.63, 3.8) is 0 Å². The van der Waals surface area contributed by atoms with Gasteiger partial charge in [0.15, 0.2) is 0 Å². The maximum absolute atomic E-state index is 6.58. The van der Waals surface area contributed by atoms with Crippen molar-refractivity contribution < 1.29 is 4.74 Å². The minimum atomic E-state index is -0.401. The van der Waals surface area contributed by atoms with E-state index in [2.05, 4.69) is 159 Å². The van der Waals surface area contributed by atoms with E-state index in [-0.39, 0.29) is 0 Å². The summed E-state index contributed by atoms with van der Waals surface area (Å²) in [4.78, 5) is 0. The van der Waals surface area contributed by atoms with E-state index in [0.717, 1.165) is 11.5 Å². The molecule has 3 aliphatic rings. The van der Waals surface area contributed by atoms with Crippen LogP contribution in [-0.2, 0) is 5.41 Å². The fourth-order valence-corrected chi connectivity index (χ4v) is 9.21. The predicted molar refractivity (Wildman–Crippen MR) is 198 cm³/mol. The topological polar surface area (TPSA) is 9.23 Å². The average Bonchev–Trinajstić information content (AvgIpc) is 3.60. The van der Waals surface area contributed by atoms with Crippen molar-refractivity contribution in [1.82, 2.24) is 0 Å². The highest BCUT2D eigenvalue weighted by Crippen LogP contribution is 2.64. The molecule has 0 amide bonds. The lowest BCUT2D eigenvalue weighted by Gasteiger charge is -2.31. The Morgan fingerprint density at radius 2 is 1.10 bits per heavy atom. The summed E-state index contributed by atoms with van der Waals surface area (Å²) in [6, 6.07) is 54.5. The first-order valence-electron chi connectivity index (χ1n) is 16.8. The van der Waals surface area contributed by atoms with Crippen LogP contribution < -0.4 is 4.74 Å². The Hall–Kier alpha value is -5.92. The molecule has 1 atom stereocenters. The van der Waals surface area contributed by atoms with Crippen LogP contribution in [-0.4, -0.2) is 0 Å². The van der Waals surface area contributed by atoms with Crippen LogP contribution in [0.4, 0.5) is 0 Å². The molecule has 0 saturated carbocycles.